The molecule has 0 unspecified atom stereocenters. The third-order valence-electron chi connectivity index (χ3n) is 4.32. The van der Waals surface area contributed by atoms with Gasteiger partial charge in [0.15, 0.2) is 11.5 Å². The Labute approximate surface area is 151 Å². The average molecular weight is 345 g/mol. The summed E-state index contributed by atoms with van der Waals surface area (Å²) in [7, 11) is 0. The van der Waals surface area contributed by atoms with Crippen LogP contribution < -0.4 is 5.32 Å². The maximum absolute atomic E-state index is 9.19. The summed E-state index contributed by atoms with van der Waals surface area (Å²) in [6, 6.07) is 11.9. The molecule has 2 N–H and O–H groups in total. The van der Waals surface area contributed by atoms with Gasteiger partial charge in [-0.05, 0) is 29.7 Å². The third-order valence-corrected chi connectivity index (χ3v) is 4.32. The van der Waals surface area contributed by atoms with E-state index in [0.717, 1.165) is 41.3 Å². The van der Waals surface area contributed by atoms with Crippen LogP contribution in [0, 0.1) is 0 Å². The van der Waals surface area contributed by atoms with Gasteiger partial charge in [-0.1, -0.05) is 24.3 Å². The summed E-state index contributed by atoms with van der Waals surface area (Å²) in [5.74, 6) is 0.764. The molecule has 0 aliphatic heterocycles. The lowest BCUT2D eigenvalue weighted by Crippen LogP contribution is -2.08. The molecule has 3 heterocycles. The first-order chi connectivity index (χ1) is 12.8. The number of pyridine rings is 1. The molecule has 0 saturated heterocycles. The van der Waals surface area contributed by atoms with Crippen molar-refractivity contribution in [2.75, 3.05) is 11.9 Å². The third kappa shape index (κ3) is 3.27. The molecule has 6 nitrogen and oxygen atoms in total. The van der Waals surface area contributed by atoms with Gasteiger partial charge in [-0.15, -0.1) is 0 Å². The number of benzene rings is 1. The van der Waals surface area contributed by atoms with E-state index in [-0.39, 0.29) is 6.61 Å². The van der Waals surface area contributed by atoms with E-state index < -0.39 is 0 Å². The Morgan fingerprint density at radius 1 is 0.923 bits per heavy atom. The van der Waals surface area contributed by atoms with Crippen LogP contribution in [-0.4, -0.2) is 31.0 Å². The Hall–Kier alpha value is -3.25. The highest BCUT2D eigenvalue weighted by Gasteiger charge is 2.10. The summed E-state index contributed by atoms with van der Waals surface area (Å²) in [4.78, 5) is 13.0. The van der Waals surface area contributed by atoms with E-state index in [1.54, 1.807) is 18.6 Å². The molecule has 0 saturated carbocycles. The van der Waals surface area contributed by atoms with Crippen LogP contribution in [0.5, 0.6) is 0 Å². The Morgan fingerprint density at radius 3 is 2.50 bits per heavy atom. The van der Waals surface area contributed by atoms with Crippen LogP contribution in [0.2, 0.25) is 0 Å². The van der Waals surface area contributed by atoms with Gasteiger partial charge in [0, 0.05) is 36.9 Å². The van der Waals surface area contributed by atoms with Gasteiger partial charge in [-0.2, -0.15) is 0 Å². The fourth-order valence-electron chi connectivity index (χ4n) is 2.91. The first kappa shape index (κ1) is 16.2. The molecule has 6 heteroatoms. The zero-order valence-corrected chi connectivity index (χ0v) is 14.2. The van der Waals surface area contributed by atoms with Gasteiger partial charge < -0.3 is 10.4 Å². The minimum Gasteiger partial charge on any atom is -0.392 e. The molecular formula is C20H19N5O. The van der Waals surface area contributed by atoms with Gasteiger partial charge in [0.2, 0.25) is 0 Å². The van der Waals surface area contributed by atoms with E-state index in [0.29, 0.717) is 0 Å². The Balaban J connectivity index is 1.56. The van der Waals surface area contributed by atoms with E-state index in [2.05, 4.69) is 20.3 Å². The first-order valence-corrected chi connectivity index (χ1v) is 8.50. The molecule has 130 valence electrons. The number of aliphatic hydroxyl groups is 1. The number of rotatable bonds is 6. The average Bonchev–Trinajstić information content (AvgIpc) is 3.14. The highest BCUT2D eigenvalue weighted by atomic mass is 16.3. The molecule has 0 fully saturated rings. The number of hydrogen-bond acceptors (Lipinski definition) is 5. The summed E-state index contributed by atoms with van der Waals surface area (Å²) < 4.78 is 2.02. The van der Waals surface area contributed by atoms with Crippen LogP contribution in [0.1, 0.15) is 11.1 Å². The molecule has 3 aromatic heterocycles. The molecule has 0 spiro atoms. The smallest absolute Gasteiger partial charge is 0.180 e. The van der Waals surface area contributed by atoms with Gasteiger partial charge >= 0.3 is 0 Å². The van der Waals surface area contributed by atoms with Crippen molar-refractivity contribution in [1.82, 2.24) is 19.4 Å². The Morgan fingerprint density at radius 2 is 1.73 bits per heavy atom. The molecule has 26 heavy (non-hydrogen) atoms. The minimum atomic E-state index is 0.0445. The maximum Gasteiger partial charge on any atom is 0.180 e. The number of hydrogen-bond donors (Lipinski definition) is 2. The molecule has 0 radical (unpaired) electrons. The molecule has 0 aliphatic carbocycles. The topological polar surface area (TPSA) is 75.3 Å². The van der Waals surface area contributed by atoms with Crippen LogP contribution in [0.25, 0.3) is 16.9 Å². The second kappa shape index (κ2) is 7.33. The summed E-state index contributed by atoms with van der Waals surface area (Å²) in [5, 5.41) is 12.6. The van der Waals surface area contributed by atoms with Gasteiger partial charge in [-0.3, -0.25) is 9.38 Å². The van der Waals surface area contributed by atoms with E-state index in [1.165, 1.54) is 5.56 Å². The summed E-state index contributed by atoms with van der Waals surface area (Å²) in [6.45, 7) is 0.812. The van der Waals surface area contributed by atoms with Crippen LogP contribution in [0.4, 0.5) is 5.82 Å². The maximum atomic E-state index is 9.19. The van der Waals surface area contributed by atoms with Crippen molar-refractivity contribution in [2.45, 2.75) is 13.0 Å². The predicted molar refractivity (Wildman–Crippen MR) is 101 cm³/mol. The van der Waals surface area contributed by atoms with Crippen LogP contribution in [0.15, 0.2) is 67.4 Å². The molecule has 0 amide bonds. The second-order valence-electron chi connectivity index (χ2n) is 6.00. The van der Waals surface area contributed by atoms with Crippen molar-refractivity contribution in [3.05, 3.63) is 78.5 Å². The van der Waals surface area contributed by atoms with E-state index >= 15 is 0 Å². The number of anilines is 1. The SMILES string of the molecule is OCc1ccc(-c2cnc3c(NCCc4ccncc4)nccn23)cc1. The van der Waals surface area contributed by atoms with Gasteiger partial charge in [0.1, 0.15) is 0 Å². The van der Waals surface area contributed by atoms with Crippen molar-refractivity contribution in [2.24, 2.45) is 0 Å². The summed E-state index contributed by atoms with van der Waals surface area (Å²) in [5.41, 5.74) is 4.95. The van der Waals surface area contributed by atoms with Crippen LogP contribution in [-0.2, 0) is 13.0 Å². The lowest BCUT2D eigenvalue weighted by Gasteiger charge is -2.08. The monoisotopic (exact) mass is 345 g/mol. The number of nitrogens with one attached hydrogen (secondary N) is 1. The van der Waals surface area contributed by atoms with Crippen molar-refractivity contribution in [3.63, 3.8) is 0 Å². The molecule has 0 aliphatic rings. The van der Waals surface area contributed by atoms with E-state index in [4.69, 9.17) is 0 Å². The molecule has 1 aromatic carbocycles. The van der Waals surface area contributed by atoms with Crippen molar-refractivity contribution >= 4 is 11.5 Å². The molecular weight excluding hydrogens is 326 g/mol. The predicted octanol–water partition coefficient (Wildman–Crippen LogP) is 2.94. The molecule has 4 aromatic rings. The molecule has 0 bridgehead atoms. The Kier molecular flexibility index (Phi) is 4.57. The number of aliphatic hydroxyl groups excluding tert-OH is 1. The van der Waals surface area contributed by atoms with Crippen molar-refractivity contribution in [3.8, 4) is 11.3 Å². The van der Waals surface area contributed by atoms with Crippen LogP contribution in [0.3, 0.4) is 0 Å². The largest absolute Gasteiger partial charge is 0.392 e. The van der Waals surface area contributed by atoms with Gasteiger partial charge in [0.05, 0.1) is 18.5 Å². The number of fused-ring (bicyclic) bond motifs is 1. The van der Waals surface area contributed by atoms with Crippen molar-refractivity contribution < 1.29 is 5.11 Å². The normalized spacial score (nSPS) is 11.0. The Bertz CT molecular complexity index is 996. The zero-order chi connectivity index (χ0) is 17.8. The first-order valence-electron chi connectivity index (χ1n) is 8.50. The highest BCUT2D eigenvalue weighted by Crippen LogP contribution is 2.23. The number of nitrogens with zero attached hydrogens (tertiary/aromatic N) is 4. The van der Waals surface area contributed by atoms with Gasteiger partial charge in [-0.25, -0.2) is 9.97 Å². The fourth-order valence-corrected chi connectivity index (χ4v) is 2.91. The standard InChI is InChI=1S/C20H19N5O/c26-14-16-1-3-17(4-2-16)18-13-24-20-19(23-11-12-25(18)20)22-10-7-15-5-8-21-9-6-15/h1-6,8-9,11-13,26H,7,10,14H2,(H,22,23). The van der Waals surface area contributed by atoms with E-state index in [9.17, 15) is 5.11 Å². The zero-order valence-electron chi connectivity index (χ0n) is 14.2. The summed E-state index contributed by atoms with van der Waals surface area (Å²) in [6.07, 6.45) is 10.0. The van der Waals surface area contributed by atoms with Crippen LogP contribution >= 0.6 is 0 Å². The lowest BCUT2D eigenvalue weighted by atomic mass is 10.1. The van der Waals surface area contributed by atoms with Crippen molar-refractivity contribution in [1.29, 1.82) is 0 Å². The molecule has 0 atom stereocenters. The summed E-state index contributed by atoms with van der Waals surface area (Å²) >= 11 is 0. The molecule has 4 rings (SSSR count). The lowest BCUT2D eigenvalue weighted by molar-refractivity contribution is 0.282. The second-order valence-corrected chi connectivity index (χ2v) is 6.00. The fraction of sp³-hybridized carbons (Fsp3) is 0.150. The van der Waals surface area contributed by atoms with Gasteiger partial charge in [0.25, 0.3) is 0 Å². The van der Waals surface area contributed by atoms with E-state index in [1.807, 2.05) is 53.2 Å². The number of imidazole rings is 1. The number of aromatic nitrogens is 4. The minimum absolute atomic E-state index is 0.0445. The highest BCUT2D eigenvalue weighted by molar-refractivity contribution is 5.70. The quantitative estimate of drug-likeness (QED) is 0.562.